The van der Waals surface area contributed by atoms with E-state index in [1.165, 1.54) is 52.4 Å². The molecule has 0 unspecified atom stereocenters. The third kappa shape index (κ3) is 3.01. The van der Waals surface area contributed by atoms with Crippen LogP contribution in [0.2, 0.25) is 0 Å². The van der Waals surface area contributed by atoms with Crippen molar-refractivity contribution in [1.82, 2.24) is 0 Å². The summed E-state index contributed by atoms with van der Waals surface area (Å²) in [5.41, 5.74) is 3.96. The van der Waals surface area contributed by atoms with Crippen LogP contribution < -0.4 is 0 Å². The molecule has 0 aromatic heterocycles. The van der Waals surface area contributed by atoms with E-state index >= 15 is 0 Å². The summed E-state index contributed by atoms with van der Waals surface area (Å²) in [4.78, 5) is 23.1. The van der Waals surface area contributed by atoms with Gasteiger partial charge in [0.15, 0.2) is 0 Å². The molecule has 1 spiro atoms. The molecule has 0 aromatic rings. The van der Waals surface area contributed by atoms with Gasteiger partial charge in [-0.05, 0) is 99.0 Å². The fraction of sp³-hybridized carbons (Fsp3) is 0.808. The largest absolute Gasteiger partial charge is 0.463 e. The van der Waals surface area contributed by atoms with E-state index in [0.29, 0.717) is 23.2 Å². The van der Waals surface area contributed by atoms with E-state index in [1.807, 2.05) is 6.08 Å². The molecule has 9 atom stereocenters. The van der Waals surface area contributed by atoms with E-state index in [1.54, 1.807) is 0 Å². The minimum absolute atomic E-state index is 0.0971. The van der Waals surface area contributed by atoms with Crippen LogP contribution in [0, 0.1) is 40.4 Å². The molecule has 0 N–H and O–H groups in total. The second-order valence-electron chi connectivity index (χ2n) is 11.0. The van der Waals surface area contributed by atoms with Gasteiger partial charge in [-0.3, -0.25) is 9.59 Å². The van der Waals surface area contributed by atoms with Crippen molar-refractivity contribution in [3.8, 4) is 0 Å². The van der Waals surface area contributed by atoms with E-state index in [2.05, 4.69) is 18.7 Å². The normalized spacial score (nSPS) is 48.7. The molecule has 5 rings (SSSR count). The van der Waals surface area contributed by atoms with Crippen LogP contribution in [0.1, 0.15) is 78.6 Å². The van der Waals surface area contributed by atoms with Crippen LogP contribution in [0.25, 0.3) is 0 Å². The monoisotopic (exact) mass is 412 g/mol. The van der Waals surface area contributed by atoms with Crippen molar-refractivity contribution >= 4 is 11.9 Å². The Kier molecular flexibility index (Phi) is 4.93. The molecule has 0 aromatic carbocycles. The number of rotatable bonds is 2. The summed E-state index contributed by atoms with van der Waals surface area (Å²) >= 11 is 0. The third-order valence-electron chi connectivity index (χ3n) is 9.92. The van der Waals surface area contributed by atoms with E-state index in [4.69, 9.17) is 9.47 Å². The lowest BCUT2D eigenvalue weighted by Crippen LogP contribution is -2.55. The summed E-state index contributed by atoms with van der Waals surface area (Å²) in [6.45, 7) is 5.61. The molecule has 0 saturated heterocycles. The van der Waals surface area contributed by atoms with Crippen LogP contribution in [0.15, 0.2) is 17.9 Å². The molecular weight excluding hydrogens is 376 g/mol. The van der Waals surface area contributed by atoms with Gasteiger partial charge in [-0.15, -0.1) is 5.73 Å². The quantitative estimate of drug-likeness (QED) is 0.461. The summed E-state index contributed by atoms with van der Waals surface area (Å²) in [6.07, 6.45) is 15.1. The Hall–Kier alpha value is -1.54. The first-order chi connectivity index (χ1) is 14.3. The van der Waals surface area contributed by atoms with Gasteiger partial charge in [0.25, 0.3) is 0 Å². The smallest absolute Gasteiger partial charge is 0.303 e. The Bertz CT molecular complexity index is 795. The van der Waals surface area contributed by atoms with Crippen molar-refractivity contribution in [2.24, 2.45) is 40.4 Å². The molecule has 4 nitrogen and oxygen atoms in total. The van der Waals surface area contributed by atoms with Gasteiger partial charge in [0.05, 0.1) is 0 Å². The highest BCUT2D eigenvalue weighted by molar-refractivity contribution is 5.66. The molecule has 5 aliphatic rings. The number of hydrogen-bond acceptors (Lipinski definition) is 4. The summed E-state index contributed by atoms with van der Waals surface area (Å²) in [6, 6.07) is 0. The average molecular weight is 413 g/mol. The van der Waals surface area contributed by atoms with Gasteiger partial charge in [0.1, 0.15) is 12.2 Å². The molecule has 0 radical (unpaired) electrons. The van der Waals surface area contributed by atoms with Crippen molar-refractivity contribution in [3.63, 3.8) is 0 Å². The number of esters is 2. The molecule has 4 heteroatoms. The molecule has 0 aliphatic heterocycles. The van der Waals surface area contributed by atoms with E-state index < -0.39 is 0 Å². The molecule has 0 heterocycles. The van der Waals surface area contributed by atoms with Gasteiger partial charge >= 0.3 is 11.9 Å². The lowest BCUT2D eigenvalue weighted by Gasteiger charge is -2.61. The Morgan fingerprint density at radius 1 is 0.900 bits per heavy atom. The highest BCUT2D eigenvalue weighted by atomic mass is 16.5. The first kappa shape index (κ1) is 20.4. The average Bonchev–Trinajstić information content (AvgIpc) is 3.08. The SMILES string of the molecule is CC(=O)O[C@@H]1CC[C@@]2(C)[C@H](CC[C@@H]3[C@@H]2CC[C@@]24C=C=C[C@@H](OC(C)=O)[C@H]2CC[C@@H]34)C1. The van der Waals surface area contributed by atoms with Crippen LogP contribution in [0.5, 0.6) is 0 Å². The van der Waals surface area contributed by atoms with Gasteiger partial charge in [0.2, 0.25) is 0 Å². The van der Waals surface area contributed by atoms with Crippen LogP contribution >= 0.6 is 0 Å². The maximum Gasteiger partial charge on any atom is 0.303 e. The van der Waals surface area contributed by atoms with Crippen LogP contribution in [0.3, 0.4) is 0 Å². The van der Waals surface area contributed by atoms with Gasteiger partial charge < -0.3 is 9.47 Å². The standard InChI is InChI=1S/C26H36O4/c1-16(27)29-19-10-13-25(3)18(15-19)6-7-20-21(25)11-14-26-12-4-5-24(30-17(2)28)23(26)9-8-22(20)26/h5,12,18-24H,6-11,13-15H2,1-3H3/t18-,19-,20-,21+,22+,23-,24-,25+,26-/m1/s1. The number of ether oxygens (including phenoxy) is 2. The minimum atomic E-state index is -0.176. The Balaban J connectivity index is 1.37. The zero-order chi connectivity index (χ0) is 21.1. The first-order valence-corrected chi connectivity index (χ1v) is 12.1. The summed E-state index contributed by atoms with van der Waals surface area (Å²) < 4.78 is 11.3. The van der Waals surface area contributed by atoms with Crippen LogP contribution in [-0.2, 0) is 19.1 Å². The zero-order valence-electron chi connectivity index (χ0n) is 18.7. The third-order valence-corrected chi connectivity index (χ3v) is 9.92. The molecule has 0 amide bonds. The molecule has 5 aliphatic carbocycles. The topological polar surface area (TPSA) is 52.6 Å². The molecule has 164 valence electrons. The zero-order valence-corrected chi connectivity index (χ0v) is 18.7. The van der Waals surface area contributed by atoms with Crippen molar-refractivity contribution in [3.05, 3.63) is 17.9 Å². The van der Waals surface area contributed by atoms with E-state index in [-0.39, 0.29) is 29.6 Å². The van der Waals surface area contributed by atoms with Gasteiger partial charge in [-0.1, -0.05) is 6.92 Å². The Morgan fingerprint density at radius 3 is 2.43 bits per heavy atom. The predicted octanol–water partition coefficient (Wildman–Crippen LogP) is 5.21. The summed E-state index contributed by atoms with van der Waals surface area (Å²) in [5, 5.41) is 0. The number of hydrogen-bond donors (Lipinski definition) is 0. The van der Waals surface area contributed by atoms with Crippen molar-refractivity contribution in [2.45, 2.75) is 90.8 Å². The number of carbonyl (C=O) groups is 2. The summed E-state index contributed by atoms with van der Waals surface area (Å²) in [5.74, 6) is 3.04. The number of fused-ring (bicyclic) bond motifs is 4. The van der Waals surface area contributed by atoms with Crippen LogP contribution in [0.4, 0.5) is 0 Å². The predicted molar refractivity (Wildman–Crippen MR) is 113 cm³/mol. The summed E-state index contributed by atoms with van der Waals surface area (Å²) in [7, 11) is 0. The molecule has 30 heavy (non-hydrogen) atoms. The van der Waals surface area contributed by atoms with Gasteiger partial charge in [0, 0.05) is 25.2 Å². The maximum atomic E-state index is 11.7. The fourth-order valence-corrected chi connectivity index (χ4v) is 8.81. The second-order valence-corrected chi connectivity index (χ2v) is 11.0. The van der Waals surface area contributed by atoms with Gasteiger partial charge in [-0.2, -0.15) is 0 Å². The highest BCUT2D eigenvalue weighted by Crippen LogP contribution is 2.69. The Morgan fingerprint density at radius 2 is 1.67 bits per heavy atom. The lowest BCUT2D eigenvalue weighted by molar-refractivity contribution is -0.161. The minimum Gasteiger partial charge on any atom is -0.463 e. The van der Waals surface area contributed by atoms with Crippen molar-refractivity contribution in [2.75, 3.05) is 0 Å². The molecule has 4 saturated carbocycles. The maximum absolute atomic E-state index is 11.7. The van der Waals surface area contributed by atoms with Crippen LogP contribution in [-0.4, -0.2) is 24.1 Å². The lowest BCUT2D eigenvalue weighted by atomic mass is 9.44. The van der Waals surface area contributed by atoms with Crippen molar-refractivity contribution < 1.29 is 19.1 Å². The van der Waals surface area contributed by atoms with E-state index in [0.717, 1.165) is 31.1 Å². The Labute approximate surface area is 180 Å². The van der Waals surface area contributed by atoms with Crippen molar-refractivity contribution in [1.29, 1.82) is 0 Å². The number of carbonyl (C=O) groups excluding carboxylic acids is 2. The molecule has 0 bridgehead atoms. The van der Waals surface area contributed by atoms with E-state index in [9.17, 15) is 9.59 Å². The second kappa shape index (κ2) is 7.26. The highest BCUT2D eigenvalue weighted by Gasteiger charge is 2.62. The van der Waals surface area contributed by atoms with Gasteiger partial charge in [-0.25, -0.2) is 0 Å². The molecule has 4 fully saturated rings. The fourth-order valence-electron chi connectivity index (χ4n) is 8.81. The first-order valence-electron chi connectivity index (χ1n) is 12.1. The molecular formula is C26H36O4.